The predicted molar refractivity (Wildman–Crippen MR) is 75.1 cm³/mol. The van der Waals surface area contributed by atoms with Gasteiger partial charge in [0.1, 0.15) is 11.3 Å². The quantitative estimate of drug-likeness (QED) is 0.688. The van der Waals surface area contributed by atoms with Gasteiger partial charge in [0.2, 0.25) is 0 Å². The van der Waals surface area contributed by atoms with Gasteiger partial charge in [-0.1, -0.05) is 6.07 Å². The van der Waals surface area contributed by atoms with Crippen molar-refractivity contribution in [3.05, 3.63) is 54.2 Å². The van der Waals surface area contributed by atoms with Crippen LogP contribution in [0.25, 0.3) is 11.2 Å². The number of alkyl halides is 1. The summed E-state index contributed by atoms with van der Waals surface area (Å²) in [4.78, 5) is 13.3. The maximum absolute atomic E-state index is 6.21. The molecule has 0 bridgehead atoms. The van der Waals surface area contributed by atoms with Crippen molar-refractivity contribution >= 4 is 22.8 Å². The van der Waals surface area contributed by atoms with Gasteiger partial charge in [-0.15, -0.1) is 11.6 Å². The summed E-state index contributed by atoms with van der Waals surface area (Å²) in [5, 5.41) is -0.169. The van der Waals surface area contributed by atoms with Gasteiger partial charge in [0.05, 0.1) is 17.6 Å². The molecule has 1 atom stereocenters. The van der Waals surface area contributed by atoms with E-state index in [1.54, 1.807) is 12.4 Å². The molecule has 0 aliphatic heterocycles. The largest absolute Gasteiger partial charge is 0.305 e. The van der Waals surface area contributed by atoms with E-state index in [0.29, 0.717) is 6.54 Å². The van der Waals surface area contributed by atoms with E-state index in [9.17, 15) is 0 Å². The zero-order valence-electron chi connectivity index (χ0n) is 10.5. The Morgan fingerprint density at radius 2 is 2.00 bits per heavy atom. The average Bonchev–Trinajstić information content (AvgIpc) is 2.79. The van der Waals surface area contributed by atoms with Crippen molar-refractivity contribution in [1.82, 2.24) is 19.5 Å². The molecule has 3 heterocycles. The second-order valence-electron chi connectivity index (χ2n) is 4.34. The van der Waals surface area contributed by atoms with Crippen LogP contribution in [0.4, 0.5) is 0 Å². The number of nitrogens with zero attached hydrogens (tertiary/aromatic N) is 4. The highest BCUT2D eigenvalue weighted by atomic mass is 35.5. The molecule has 0 aliphatic rings. The van der Waals surface area contributed by atoms with E-state index in [1.807, 2.05) is 41.8 Å². The van der Waals surface area contributed by atoms with Crippen LogP contribution in [0, 0.1) is 0 Å². The van der Waals surface area contributed by atoms with Crippen molar-refractivity contribution in [2.75, 3.05) is 0 Å². The Bertz CT molecular complexity index is 691. The third-order valence-corrected chi connectivity index (χ3v) is 3.13. The smallest absolute Gasteiger partial charge is 0.160 e. The topological polar surface area (TPSA) is 43.6 Å². The Morgan fingerprint density at radius 1 is 1.16 bits per heavy atom. The molecule has 19 heavy (non-hydrogen) atoms. The summed E-state index contributed by atoms with van der Waals surface area (Å²) in [6.45, 7) is 2.54. The summed E-state index contributed by atoms with van der Waals surface area (Å²) in [5.74, 6) is 0.820. The highest BCUT2D eigenvalue weighted by Gasteiger charge is 2.15. The molecule has 3 rings (SSSR count). The lowest BCUT2D eigenvalue weighted by Crippen LogP contribution is -2.07. The van der Waals surface area contributed by atoms with Crippen LogP contribution in [0.5, 0.6) is 0 Å². The molecule has 0 amide bonds. The van der Waals surface area contributed by atoms with E-state index in [4.69, 9.17) is 11.6 Å². The standard InChI is InChI=1S/C14H13ClN4/c1-10(15)13-18-12-6-4-8-17-14(12)19(13)9-11-5-2-3-7-16-11/h2-8,10H,9H2,1H3. The number of fused-ring (bicyclic) bond motifs is 1. The second-order valence-corrected chi connectivity index (χ2v) is 4.99. The van der Waals surface area contributed by atoms with Gasteiger partial charge in [-0.25, -0.2) is 9.97 Å². The van der Waals surface area contributed by atoms with Crippen molar-refractivity contribution < 1.29 is 0 Å². The average molecular weight is 273 g/mol. The van der Waals surface area contributed by atoms with Crippen LogP contribution in [-0.4, -0.2) is 19.5 Å². The lowest BCUT2D eigenvalue weighted by molar-refractivity contribution is 0.721. The van der Waals surface area contributed by atoms with Crippen molar-refractivity contribution in [2.45, 2.75) is 18.8 Å². The molecule has 0 aliphatic carbocycles. The molecular weight excluding hydrogens is 260 g/mol. The number of imidazole rings is 1. The Hall–Kier alpha value is -1.94. The third kappa shape index (κ3) is 2.31. The van der Waals surface area contributed by atoms with Gasteiger partial charge in [-0.05, 0) is 31.2 Å². The van der Waals surface area contributed by atoms with Gasteiger partial charge in [0, 0.05) is 12.4 Å². The van der Waals surface area contributed by atoms with Gasteiger partial charge in [0.25, 0.3) is 0 Å². The Kier molecular flexibility index (Phi) is 3.17. The van der Waals surface area contributed by atoms with E-state index in [2.05, 4.69) is 15.0 Å². The lowest BCUT2D eigenvalue weighted by atomic mass is 10.3. The second kappa shape index (κ2) is 4.97. The first-order valence-corrected chi connectivity index (χ1v) is 6.54. The van der Waals surface area contributed by atoms with Gasteiger partial charge >= 0.3 is 0 Å². The maximum Gasteiger partial charge on any atom is 0.160 e. The molecule has 96 valence electrons. The molecule has 0 saturated carbocycles. The van der Waals surface area contributed by atoms with Crippen LogP contribution >= 0.6 is 11.6 Å². The van der Waals surface area contributed by atoms with Crippen LogP contribution in [0.2, 0.25) is 0 Å². The van der Waals surface area contributed by atoms with E-state index < -0.39 is 0 Å². The van der Waals surface area contributed by atoms with Crippen LogP contribution in [0.15, 0.2) is 42.7 Å². The van der Waals surface area contributed by atoms with Crippen LogP contribution < -0.4 is 0 Å². The Balaban J connectivity index is 2.12. The summed E-state index contributed by atoms with van der Waals surface area (Å²) < 4.78 is 2.02. The molecule has 0 saturated heterocycles. The number of pyridine rings is 2. The first-order valence-electron chi connectivity index (χ1n) is 6.11. The molecule has 0 radical (unpaired) electrons. The minimum atomic E-state index is -0.169. The minimum Gasteiger partial charge on any atom is -0.305 e. The predicted octanol–water partition coefficient (Wildman–Crippen LogP) is 3.17. The highest BCUT2D eigenvalue weighted by Crippen LogP contribution is 2.23. The van der Waals surface area contributed by atoms with Crippen LogP contribution in [0.3, 0.4) is 0 Å². The monoisotopic (exact) mass is 272 g/mol. The van der Waals surface area contributed by atoms with Crippen LogP contribution in [-0.2, 0) is 6.54 Å². The van der Waals surface area contributed by atoms with Gasteiger partial charge in [-0.2, -0.15) is 0 Å². The minimum absolute atomic E-state index is 0.169. The molecule has 3 aromatic rings. The fourth-order valence-electron chi connectivity index (χ4n) is 2.09. The molecule has 5 heteroatoms. The summed E-state index contributed by atoms with van der Waals surface area (Å²) in [6, 6.07) is 9.68. The molecular formula is C14H13ClN4. The van der Waals surface area contributed by atoms with Gasteiger partial charge in [-0.3, -0.25) is 4.98 Å². The molecule has 0 fully saturated rings. The van der Waals surface area contributed by atoms with Crippen molar-refractivity contribution in [3.63, 3.8) is 0 Å². The van der Waals surface area contributed by atoms with Crippen molar-refractivity contribution in [2.24, 2.45) is 0 Å². The maximum atomic E-state index is 6.21. The van der Waals surface area contributed by atoms with Crippen molar-refractivity contribution in [1.29, 1.82) is 0 Å². The lowest BCUT2D eigenvalue weighted by Gasteiger charge is -2.09. The zero-order valence-corrected chi connectivity index (χ0v) is 11.2. The molecule has 0 aromatic carbocycles. The van der Waals surface area contributed by atoms with Crippen molar-refractivity contribution in [3.8, 4) is 0 Å². The highest BCUT2D eigenvalue weighted by molar-refractivity contribution is 6.20. The van der Waals surface area contributed by atoms with Gasteiger partial charge in [0.15, 0.2) is 5.65 Å². The molecule has 0 spiro atoms. The Morgan fingerprint density at radius 3 is 2.74 bits per heavy atom. The van der Waals surface area contributed by atoms with E-state index in [-0.39, 0.29) is 5.38 Å². The van der Waals surface area contributed by atoms with E-state index in [1.165, 1.54) is 0 Å². The number of hydrogen-bond donors (Lipinski definition) is 0. The summed E-state index contributed by atoms with van der Waals surface area (Å²) in [7, 11) is 0. The number of halogens is 1. The van der Waals surface area contributed by atoms with Crippen LogP contribution in [0.1, 0.15) is 23.8 Å². The Labute approximate surface area is 116 Å². The number of aromatic nitrogens is 4. The number of hydrogen-bond acceptors (Lipinski definition) is 3. The summed E-state index contributed by atoms with van der Waals surface area (Å²) >= 11 is 6.21. The molecule has 1 unspecified atom stereocenters. The fourth-order valence-corrected chi connectivity index (χ4v) is 2.26. The van der Waals surface area contributed by atoms with E-state index >= 15 is 0 Å². The SMILES string of the molecule is CC(Cl)c1nc2cccnc2n1Cc1ccccn1. The number of rotatable bonds is 3. The molecule has 4 nitrogen and oxygen atoms in total. The fraction of sp³-hybridized carbons (Fsp3) is 0.214. The first kappa shape index (κ1) is 12.1. The molecule has 0 N–H and O–H groups in total. The zero-order chi connectivity index (χ0) is 13.2. The van der Waals surface area contributed by atoms with E-state index in [0.717, 1.165) is 22.7 Å². The summed E-state index contributed by atoms with van der Waals surface area (Å²) in [5.41, 5.74) is 2.67. The third-order valence-electron chi connectivity index (χ3n) is 2.94. The van der Waals surface area contributed by atoms with Gasteiger partial charge < -0.3 is 4.57 Å². The molecule has 3 aromatic heterocycles. The first-order chi connectivity index (χ1) is 9.25. The summed E-state index contributed by atoms with van der Waals surface area (Å²) in [6.07, 6.45) is 3.55. The normalized spacial score (nSPS) is 12.7.